The second-order valence-electron chi connectivity index (χ2n) is 6.14. The van der Waals surface area contributed by atoms with Crippen molar-refractivity contribution in [2.45, 2.75) is 37.7 Å². The molecule has 0 bridgehead atoms. The third kappa shape index (κ3) is 5.53. The number of carbonyl (C=O) groups is 2. The molecule has 0 aliphatic carbocycles. The molecular formula is C18H24N2O3. The number of amides is 2. The van der Waals surface area contributed by atoms with Crippen LogP contribution < -0.4 is 5.73 Å². The Labute approximate surface area is 136 Å². The number of likely N-dealkylation sites (tertiary alicyclic amines) is 1. The van der Waals surface area contributed by atoms with Gasteiger partial charge in [-0.25, -0.2) is 0 Å². The van der Waals surface area contributed by atoms with Crippen LogP contribution in [0.2, 0.25) is 0 Å². The van der Waals surface area contributed by atoms with Crippen molar-refractivity contribution < 1.29 is 14.7 Å². The van der Waals surface area contributed by atoms with Crippen LogP contribution in [-0.4, -0.2) is 40.5 Å². The predicted molar refractivity (Wildman–Crippen MR) is 89.3 cm³/mol. The first-order valence-electron chi connectivity index (χ1n) is 7.99. The number of allylic oxidation sites excluding steroid dienone is 1. The maximum atomic E-state index is 12.2. The van der Waals surface area contributed by atoms with Gasteiger partial charge in [0, 0.05) is 19.5 Å². The molecule has 1 aromatic carbocycles. The van der Waals surface area contributed by atoms with Crippen molar-refractivity contribution in [3.63, 3.8) is 0 Å². The highest BCUT2D eigenvalue weighted by Crippen LogP contribution is 2.24. The van der Waals surface area contributed by atoms with Gasteiger partial charge in [-0.2, -0.15) is 0 Å². The first kappa shape index (κ1) is 17.2. The van der Waals surface area contributed by atoms with Crippen molar-refractivity contribution in [3.05, 3.63) is 42.0 Å². The summed E-state index contributed by atoms with van der Waals surface area (Å²) in [4.78, 5) is 24.9. The van der Waals surface area contributed by atoms with Gasteiger partial charge in [0.1, 0.15) is 0 Å². The fourth-order valence-electron chi connectivity index (χ4n) is 2.94. The molecule has 5 heteroatoms. The zero-order chi connectivity index (χ0) is 16.7. The summed E-state index contributed by atoms with van der Waals surface area (Å²) in [5.74, 6) is -0.530. The second-order valence-corrected chi connectivity index (χ2v) is 6.14. The Hall–Kier alpha value is -2.14. The molecule has 1 heterocycles. The molecule has 3 N–H and O–H groups in total. The molecule has 1 atom stereocenters. The first-order valence-corrected chi connectivity index (χ1v) is 7.99. The normalized spacial score (nSPS) is 21.5. The van der Waals surface area contributed by atoms with E-state index in [1.165, 1.54) is 0 Å². The van der Waals surface area contributed by atoms with E-state index in [9.17, 15) is 14.7 Å². The average Bonchev–Trinajstić information content (AvgIpc) is 2.51. The van der Waals surface area contributed by atoms with E-state index in [2.05, 4.69) is 0 Å². The fraction of sp³-hybridized carbons (Fsp3) is 0.444. The topological polar surface area (TPSA) is 83.6 Å². The number of nitrogens with zero attached hydrogens (tertiary/aromatic N) is 1. The Bertz CT molecular complexity index is 571. The Morgan fingerprint density at radius 3 is 2.74 bits per heavy atom. The van der Waals surface area contributed by atoms with Gasteiger partial charge >= 0.3 is 0 Å². The lowest BCUT2D eigenvalue weighted by Gasteiger charge is -2.38. The monoisotopic (exact) mass is 316 g/mol. The van der Waals surface area contributed by atoms with Gasteiger partial charge in [0.25, 0.3) is 0 Å². The number of piperidine rings is 1. The van der Waals surface area contributed by atoms with Crippen LogP contribution >= 0.6 is 0 Å². The van der Waals surface area contributed by atoms with Gasteiger partial charge in [-0.05, 0) is 24.8 Å². The van der Waals surface area contributed by atoms with E-state index >= 15 is 0 Å². The number of primary amides is 1. The molecule has 1 fully saturated rings. The lowest BCUT2D eigenvalue weighted by atomic mass is 9.89. The van der Waals surface area contributed by atoms with E-state index in [1.807, 2.05) is 42.5 Å². The molecule has 0 saturated carbocycles. The summed E-state index contributed by atoms with van der Waals surface area (Å²) in [5.41, 5.74) is 5.11. The van der Waals surface area contributed by atoms with Crippen LogP contribution in [0.3, 0.4) is 0 Å². The molecule has 1 aliphatic rings. The van der Waals surface area contributed by atoms with E-state index in [0.29, 0.717) is 32.2 Å². The van der Waals surface area contributed by atoms with Crippen LogP contribution in [0.1, 0.15) is 37.7 Å². The molecule has 124 valence electrons. The number of hydrogen-bond donors (Lipinski definition) is 2. The number of aliphatic hydroxyl groups is 1. The Balaban J connectivity index is 1.81. The quantitative estimate of drug-likeness (QED) is 0.838. The minimum atomic E-state index is -1.17. The molecule has 5 nitrogen and oxygen atoms in total. The molecule has 0 spiro atoms. The van der Waals surface area contributed by atoms with Gasteiger partial charge in [-0.15, -0.1) is 0 Å². The fourth-order valence-corrected chi connectivity index (χ4v) is 2.94. The van der Waals surface area contributed by atoms with Gasteiger partial charge in [0.2, 0.25) is 11.8 Å². The van der Waals surface area contributed by atoms with Crippen LogP contribution in [0, 0.1) is 0 Å². The highest BCUT2D eigenvalue weighted by Gasteiger charge is 2.36. The summed E-state index contributed by atoms with van der Waals surface area (Å²) in [7, 11) is 0. The van der Waals surface area contributed by atoms with Crippen LogP contribution in [-0.2, 0) is 9.59 Å². The summed E-state index contributed by atoms with van der Waals surface area (Å²) >= 11 is 0. The molecule has 1 unspecified atom stereocenters. The van der Waals surface area contributed by atoms with E-state index in [4.69, 9.17) is 5.73 Å². The lowest BCUT2D eigenvalue weighted by molar-refractivity contribution is -0.141. The van der Waals surface area contributed by atoms with Gasteiger partial charge in [-0.3, -0.25) is 9.59 Å². The van der Waals surface area contributed by atoms with Gasteiger partial charge in [0.15, 0.2) is 0 Å². The minimum Gasteiger partial charge on any atom is -0.388 e. The molecule has 1 saturated heterocycles. The Morgan fingerprint density at radius 1 is 1.30 bits per heavy atom. The summed E-state index contributed by atoms with van der Waals surface area (Å²) in [6.07, 6.45) is 6.13. The average molecular weight is 316 g/mol. The van der Waals surface area contributed by atoms with Crippen molar-refractivity contribution >= 4 is 17.9 Å². The second kappa shape index (κ2) is 7.92. The van der Waals surface area contributed by atoms with Crippen molar-refractivity contribution in [2.24, 2.45) is 5.73 Å². The van der Waals surface area contributed by atoms with E-state index in [0.717, 1.165) is 5.56 Å². The number of hydrogen-bond acceptors (Lipinski definition) is 3. The minimum absolute atomic E-state index is 0.00491. The molecule has 0 aromatic heterocycles. The number of β-amino-alcohol motifs (C(OH)–C–C–N with tert-alkyl or cyclic N) is 1. The third-order valence-corrected chi connectivity index (χ3v) is 4.05. The maximum absolute atomic E-state index is 12.2. The largest absolute Gasteiger partial charge is 0.388 e. The predicted octanol–water partition coefficient (Wildman–Crippen LogP) is 1.71. The molecule has 2 rings (SSSR count). The van der Waals surface area contributed by atoms with Crippen molar-refractivity contribution in [1.29, 1.82) is 0 Å². The van der Waals surface area contributed by atoms with Crippen molar-refractivity contribution in [2.75, 3.05) is 13.1 Å². The van der Waals surface area contributed by atoms with Crippen LogP contribution in [0.5, 0.6) is 0 Å². The van der Waals surface area contributed by atoms with E-state index in [-0.39, 0.29) is 18.9 Å². The maximum Gasteiger partial charge on any atom is 0.222 e. The van der Waals surface area contributed by atoms with Gasteiger partial charge in [0.05, 0.1) is 12.0 Å². The van der Waals surface area contributed by atoms with Crippen molar-refractivity contribution in [3.8, 4) is 0 Å². The van der Waals surface area contributed by atoms with E-state index < -0.39 is 11.5 Å². The Kier molecular flexibility index (Phi) is 5.93. The third-order valence-electron chi connectivity index (χ3n) is 4.05. The number of nitrogens with two attached hydrogens (primary N) is 1. The Morgan fingerprint density at radius 2 is 2.04 bits per heavy atom. The molecule has 1 aromatic rings. The summed E-state index contributed by atoms with van der Waals surface area (Å²) in [5, 5.41) is 10.4. The van der Waals surface area contributed by atoms with Crippen LogP contribution in [0.25, 0.3) is 6.08 Å². The highest BCUT2D eigenvalue weighted by atomic mass is 16.3. The van der Waals surface area contributed by atoms with Crippen LogP contribution in [0.4, 0.5) is 0 Å². The number of benzene rings is 1. The van der Waals surface area contributed by atoms with E-state index in [1.54, 1.807) is 4.90 Å². The number of rotatable bonds is 6. The standard InChI is InChI=1S/C18H24N2O3/c19-16(21)13-18(23)11-6-12-20(14-18)17(22)10-5-4-9-15-7-2-1-3-8-15/h1-4,7-9,23H,5-6,10-14H2,(H2,19,21)/b9-4+. The summed E-state index contributed by atoms with van der Waals surface area (Å²) in [6.45, 7) is 0.819. The summed E-state index contributed by atoms with van der Waals surface area (Å²) in [6, 6.07) is 9.92. The SMILES string of the molecule is NC(=O)CC1(O)CCCN(C(=O)CC/C=C/c2ccccc2)C1. The highest BCUT2D eigenvalue weighted by molar-refractivity contribution is 5.77. The van der Waals surface area contributed by atoms with Gasteiger partial charge in [-0.1, -0.05) is 42.5 Å². The lowest BCUT2D eigenvalue weighted by Crippen LogP contribution is -2.51. The molecule has 1 aliphatic heterocycles. The number of carbonyl (C=O) groups excluding carboxylic acids is 2. The van der Waals surface area contributed by atoms with Gasteiger partial charge < -0.3 is 15.7 Å². The zero-order valence-electron chi connectivity index (χ0n) is 13.3. The zero-order valence-corrected chi connectivity index (χ0v) is 13.3. The smallest absolute Gasteiger partial charge is 0.222 e. The summed E-state index contributed by atoms with van der Waals surface area (Å²) < 4.78 is 0. The molecule has 2 amide bonds. The first-order chi connectivity index (χ1) is 11.0. The van der Waals surface area contributed by atoms with Crippen molar-refractivity contribution in [1.82, 2.24) is 4.90 Å². The molecular weight excluding hydrogens is 292 g/mol. The molecule has 23 heavy (non-hydrogen) atoms. The van der Waals surface area contributed by atoms with Crippen LogP contribution in [0.15, 0.2) is 36.4 Å². The molecule has 0 radical (unpaired) electrons.